The van der Waals surface area contributed by atoms with E-state index in [0.717, 1.165) is 0 Å². The molecule has 0 spiro atoms. The first-order valence-electron chi connectivity index (χ1n) is 3.46. The Kier molecular flexibility index (Phi) is 29.6. The zero-order valence-electron chi connectivity index (χ0n) is 7.74. The molecule has 1 aromatic heterocycles. The van der Waals surface area contributed by atoms with Gasteiger partial charge in [-0.15, -0.1) is 0 Å². The number of rotatable bonds is 0. The van der Waals surface area contributed by atoms with E-state index < -0.39 is 0 Å². The summed E-state index contributed by atoms with van der Waals surface area (Å²) in [4.78, 5) is 0. The van der Waals surface area contributed by atoms with Gasteiger partial charge in [-0.3, -0.25) is 0 Å². The monoisotopic (exact) mass is 286 g/mol. The molecule has 76 valence electrons. The van der Waals surface area contributed by atoms with Crippen LogP contribution in [0.25, 0.3) is 0 Å². The van der Waals surface area contributed by atoms with E-state index in [1.165, 1.54) is 0 Å². The first-order valence-corrected chi connectivity index (χ1v) is 3.46. The van der Waals surface area contributed by atoms with Gasteiger partial charge >= 0.3 is 43.7 Å². The van der Waals surface area contributed by atoms with Crippen molar-refractivity contribution in [3.05, 3.63) is 62.1 Å². The number of nitrogens with zero attached hydrogens (tertiary/aromatic N) is 2. The molecule has 15 heavy (non-hydrogen) atoms. The van der Waals surface area contributed by atoms with Crippen molar-refractivity contribution in [1.82, 2.24) is 10.2 Å². The Morgan fingerprint density at radius 1 is 1.00 bits per heavy atom. The molecule has 0 unspecified atom stereocenters. The van der Waals surface area contributed by atoms with E-state index in [1.54, 1.807) is 18.5 Å². The van der Waals surface area contributed by atoms with Gasteiger partial charge in [-0.25, -0.2) is 12.1 Å². The molecule has 0 N–H and O–H groups in total. The maximum Gasteiger partial charge on any atom is 2.00 e. The normalized spacial score (nSPS) is 5.60. The zero-order chi connectivity index (χ0) is 11.1. The van der Waals surface area contributed by atoms with E-state index in [4.69, 9.17) is 9.30 Å². The van der Waals surface area contributed by atoms with Crippen LogP contribution in [0.5, 0.6) is 0 Å². The summed E-state index contributed by atoms with van der Waals surface area (Å²) in [6.45, 7) is 9.00. The van der Waals surface area contributed by atoms with Gasteiger partial charge in [-0.05, 0) is 0 Å². The molecule has 5 heteroatoms. The molecule has 1 aromatic carbocycles. The summed E-state index contributed by atoms with van der Waals surface area (Å²) < 4.78 is 15.0. The van der Waals surface area contributed by atoms with Crippen molar-refractivity contribution in [1.29, 1.82) is 0 Å². The molecule has 4 nitrogen and oxygen atoms in total. The van der Waals surface area contributed by atoms with Crippen molar-refractivity contribution in [2.24, 2.45) is 0 Å². The average Bonchev–Trinajstić information content (AvgIpc) is 3.01. The van der Waals surface area contributed by atoms with Crippen molar-refractivity contribution >= 4 is 0 Å². The van der Waals surface area contributed by atoms with Crippen LogP contribution in [0.15, 0.2) is 48.8 Å². The minimum Gasteiger partial charge on any atom is -0.582 e. The van der Waals surface area contributed by atoms with E-state index in [1.807, 2.05) is 30.3 Å². The fourth-order valence-corrected chi connectivity index (χ4v) is 0.513. The second-order valence-electron chi connectivity index (χ2n) is 1.68. The SMILES string of the molecule is [C-]#[O+].[C-]#[O+].[Mo+2].c1cc[cH-]c1.c1cn[n-]c1. The third-order valence-corrected chi connectivity index (χ3v) is 0.928. The van der Waals surface area contributed by atoms with Gasteiger partial charge in [0.1, 0.15) is 0 Å². The molecule has 0 saturated heterocycles. The van der Waals surface area contributed by atoms with Crippen LogP contribution in [0.1, 0.15) is 0 Å². The van der Waals surface area contributed by atoms with Crippen molar-refractivity contribution < 1.29 is 30.4 Å². The maximum atomic E-state index is 7.50. The average molecular weight is 284 g/mol. The van der Waals surface area contributed by atoms with E-state index >= 15 is 0 Å². The smallest absolute Gasteiger partial charge is 0.582 e. The van der Waals surface area contributed by atoms with Crippen LogP contribution >= 0.6 is 0 Å². The summed E-state index contributed by atoms with van der Waals surface area (Å²) in [5.41, 5.74) is 0. The Balaban J connectivity index is -0.000000138. The van der Waals surface area contributed by atoms with Crippen molar-refractivity contribution in [2.75, 3.05) is 0 Å². The summed E-state index contributed by atoms with van der Waals surface area (Å²) in [6.07, 6.45) is 3.28. The number of hydrogen-bond acceptors (Lipinski definition) is 1. The minimum absolute atomic E-state index is 0. The molecule has 0 atom stereocenters. The zero-order valence-corrected chi connectivity index (χ0v) is 9.74. The Bertz CT molecular complexity index is 221. The van der Waals surface area contributed by atoms with Crippen LogP contribution in [0.4, 0.5) is 0 Å². The van der Waals surface area contributed by atoms with Gasteiger partial charge in [-0.2, -0.15) is 24.4 Å². The second kappa shape index (κ2) is 23.0. The van der Waals surface area contributed by atoms with Crippen LogP contribution in [-0.4, -0.2) is 5.10 Å². The molecule has 0 aliphatic heterocycles. The maximum absolute atomic E-state index is 7.50. The molecular weight excluding hydrogens is 276 g/mol. The van der Waals surface area contributed by atoms with E-state index in [9.17, 15) is 0 Å². The third-order valence-electron chi connectivity index (χ3n) is 0.928. The van der Waals surface area contributed by atoms with Crippen LogP contribution in [0.2, 0.25) is 0 Å². The Morgan fingerprint density at radius 2 is 1.53 bits per heavy atom. The molecule has 1 heterocycles. The standard InChI is InChI=1S/C5H5.C3H3N2.2CO.Mo/c2*1-2-4-5-3-1;2*1-2;/h1-5H;1-3H;;;/q2*-1;;;+2. The summed E-state index contributed by atoms with van der Waals surface area (Å²) in [6, 6.07) is 11.8. The molecule has 2 aromatic rings. The Labute approximate surface area is 103 Å². The van der Waals surface area contributed by atoms with Gasteiger partial charge in [0, 0.05) is 6.20 Å². The number of hydrogen-bond donors (Lipinski definition) is 0. The van der Waals surface area contributed by atoms with Crippen molar-refractivity contribution in [2.45, 2.75) is 0 Å². The van der Waals surface area contributed by atoms with Crippen molar-refractivity contribution in [3.63, 3.8) is 0 Å². The van der Waals surface area contributed by atoms with Crippen LogP contribution in [-0.2, 0) is 30.4 Å². The van der Waals surface area contributed by atoms with Gasteiger partial charge in [0.15, 0.2) is 0 Å². The summed E-state index contributed by atoms with van der Waals surface area (Å²) >= 11 is 0. The van der Waals surface area contributed by atoms with Gasteiger partial charge < -0.3 is 10.2 Å². The largest absolute Gasteiger partial charge is 2.00 e. The molecule has 0 amide bonds. The summed E-state index contributed by atoms with van der Waals surface area (Å²) in [5, 5.41) is 6.94. The molecular formula is C10H8MoN2O2. The predicted octanol–water partition coefficient (Wildman–Crippen LogP) is 1.37. The van der Waals surface area contributed by atoms with Crippen LogP contribution < -0.4 is 5.10 Å². The van der Waals surface area contributed by atoms with Gasteiger partial charge in [0.05, 0.1) is 0 Å². The van der Waals surface area contributed by atoms with E-state index in [-0.39, 0.29) is 21.1 Å². The van der Waals surface area contributed by atoms with Crippen LogP contribution in [0.3, 0.4) is 0 Å². The van der Waals surface area contributed by atoms with E-state index in [0.29, 0.717) is 0 Å². The first kappa shape index (κ1) is 19.3. The first-order chi connectivity index (χ1) is 7.00. The molecule has 0 bridgehead atoms. The predicted molar refractivity (Wildman–Crippen MR) is 47.5 cm³/mol. The van der Waals surface area contributed by atoms with Gasteiger partial charge in [0.25, 0.3) is 0 Å². The topological polar surface area (TPSA) is 66.8 Å². The third kappa shape index (κ3) is 19.2. The molecule has 0 radical (unpaired) electrons. The quantitative estimate of drug-likeness (QED) is 0.416. The van der Waals surface area contributed by atoms with Gasteiger partial charge in [0.2, 0.25) is 0 Å². The van der Waals surface area contributed by atoms with Gasteiger partial charge in [-0.1, -0.05) is 6.07 Å². The van der Waals surface area contributed by atoms with E-state index in [2.05, 4.69) is 23.5 Å². The Hall–Kier alpha value is -1.27. The molecule has 2 rings (SSSR count). The fraction of sp³-hybridized carbons (Fsp3) is 0. The van der Waals surface area contributed by atoms with Crippen molar-refractivity contribution in [3.8, 4) is 0 Å². The Morgan fingerprint density at radius 3 is 1.67 bits per heavy atom. The minimum atomic E-state index is 0. The summed E-state index contributed by atoms with van der Waals surface area (Å²) in [5.74, 6) is 0. The molecule has 0 saturated carbocycles. The molecule has 0 aliphatic rings. The fourth-order valence-electron chi connectivity index (χ4n) is 0.513. The number of aromatic nitrogens is 2. The molecule has 0 aliphatic carbocycles. The summed E-state index contributed by atoms with van der Waals surface area (Å²) in [7, 11) is 0. The molecule has 0 fully saturated rings. The second-order valence-corrected chi connectivity index (χ2v) is 1.68. The van der Waals surface area contributed by atoms with Crippen LogP contribution in [0, 0.1) is 13.3 Å².